The molecule has 0 spiro atoms. The normalized spacial score (nSPS) is 17.7. The molecular weight excluding hydrogens is 233 g/mol. The van der Waals surface area contributed by atoms with E-state index in [1.54, 1.807) is 12.1 Å². The van der Waals surface area contributed by atoms with E-state index in [9.17, 15) is 9.18 Å². The highest BCUT2D eigenvalue weighted by molar-refractivity contribution is 5.78. The Balaban J connectivity index is 2.21. The maximum atomic E-state index is 13.0. The van der Waals surface area contributed by atoms with Crippen LogP contribution < -0.4 is 5.32 Å². The number of hydrogen-bond acceptors (Lipinski definition) is 2. The summed E-state index contributed by atoms with van der Waals surface area (Å²) < 4.78 is 17.8. The predicted octanol–water partition coefficient (Wildman–Crippen LogP) is 2.36. The maximum Gasteiger partial charge on any atom is 0.246 e. The van der Waals surface area contributed by atoms with Crippen LogP contribution >= 0.6 is 0 Å². The van der Waals surface area contributed by atoms with Gasteiger partial charge in [-0.25, -0.2) is 4.39 Å². The van der Waals surface area contributed by atoms with Gasteiger partial charge in [0.25, 0.3) is 0 Å². The minimum Gasteiger partial charge on any atom is -0.375 e. The number of hydrogen-bond donors (Lipinski definition) is 1. The third-order valence-corrected chi connectivity index (χ3v) is 3.51. The zero-order valence-electron chi connectivity index (χ0n) is 10.5. The van der Waals surface area contributed by atoms with E-state index >= 15 is 0 Å². The van der Waals surface area contributed by atoms with Gasteiger partial charge in [0.05, 0.1) is 5.54 Å². The van der Waals surface area contributed by atoms with Crippen molar-refractivity contribution in [3.05, 3.63) is 35.6 Å². The molecule has 1 saturated carbocycles. The zero-order valence-corrected chi connectivity index (χ0v) is 10.5. The highest BCUT2D eigenvalue weighted by atomic mass is 19.1. The average Bonchev–Trinajstić information content (AvgIpc) is 2.79. The fraction of sp³-hybridized carbons (Fsp3) is 0.500. The van der Waals surface area contributed by atoms with Crippen LogP contribution in [0, 0.1) is 5.82 Å². The Kier molecular flexibility index (Phi) is 3.97. The van der Waals surface area contributed by atoms with Gasteiger partial charge in [0.2, 0.25) is 5.91 Å². The Hall–Kier alpha value is -1.42. The van der Waals surface area contributed by atoms with E-state index in [1.165, 1.54) is 19.2 Å². The van der Waals surface area contributed by atoms with E-state index in [-0.39, 0.29) is 23.9 Å². The largest absolute Gasteiger partial charge is 0.375 e. The van der Waals surface area contributed by atoms with Gasteiger partial charge in [0.1, 0.15) is 12.4 Å². The van der Waals surface area contributed by atoms with Gasteiger partial charge in [-0.15, -0.1) is 0 Å². The summed E-state index contributed by atoms with van der Waals surface area (Å²) in [7, 11) is 1.50. The van der Waals surface area contributed by atoms with Crippen molar-refractivity contribution in [3.63, 3.8) is 0 Å². The number of benzene rings is 1. The Morgan fingerprint density at radius 1 is 1.33 bits per heavy atom. The van der Waals surface area contributed by atoms with E-state index in [0.717, 1.165) is 31.2 Å². The zero-order chi connectivity index (χ0) is 13.0. The first kappa shape index (κ1) is 13.0. The van der Waals surface area contributed by atoms with Crippen LogP contribution in [0.3, 0.4) is 0 Å². The molecule has 1 aromatic carbocycles. The van der Waals surface area contributed by atoms with Gasteiger partial charge >= 0.3 is 0 Å². The van der Waals surface area contributed by atoms with Gasteiger partial charge in [-0.05, 0) is 30.5 Å². The molecule has 1 amide bonds. The minimum absolute atomic E-state index is 0.0585. The van der Waals surface area contributed by atoms with Crippen molar-refractivity contribution in [1.82, 2.24) is 5.32 Å². The summed E-state index contributed by atoms with van der Waals surface area (Å²) in [5, 5.41) is 3.04. The van der Waals surface area contributed by atoms with Crippen LogP contribution in [-0.2, 0) is 15.1 Å². The summed E-state index contributed by atoms with van der Waals surface area (Å²) in [6, 6.07) is 6.40. The second-order valence-corrected chi connectivity index (χ2v) is 4.78. The lowest BCUT2D eigenvalue weighted by Crippen LogP contribution is -2.45. The molecule has 1 fully saturated rings. The summed E-state index contributed by atoms with van der Waals surface area (Å²) in [6.07, 6.45) is 3.94. The van der Waals surface area contributed by atoms with Gasteiger partial charge in [-0.1, -0.05) is 25.0 Å². The van der Waals surface area contributed by atoms with E-state index in [1.807, 2.05) is 0 Å². The van der Waals surface area contributed by atoms with E-state index in [4.69, 9.17) is 4.74 Å². The van der Waals surface area contributed by atoms with Crippen molar-refractivity contribution in [2.45, 2.75) is 31.2 Å². The van der Waals surface area contributed by atoms with Crippen LogP contribution in [0.25, 0.3) is 0 Å². The molecule has 0 bridgehead atoms. The molecule has 3 nitrogen and oxygen atoms in total. The topological polar surface area (TPSA) is 38.3 Å². The van der Waals surface area contributed by atoms with Crippen LogP contribution in [-0.4, -0.2) is 19.6 Å². The maximum absolute atomic E-state index is 13.0. The molecular formula is C14H18FNO2. The molecule has 0 unspecified atom stereocenters. The number of ether oxygens (including phenoxy) is 1. The van der Waals surface area contributed by atoms with Crippen molar-refractivity contribution in [3.8, 4) is 0 Å². The highest BCUT2D eigenvalue weighted by Crippen LogP contribution is 2.38. The van der Waals surface area contributed by atoms with Crippen LogP contribution in [0.15, 0.2) is 24.3 Å². The third kappa shape index (κ3) is 2.70. The molecule has 0 aromatic heterocycles. The smallest absolute Gasteiger partial charge is 0.246 e. The number of methoxy groups -OCH3 is 1. The van der Waals surface area contributed by atoms with Crippen molar-refractivity contribution < 1.29 is 13.9 Å². The predicted molar refractivity (Wildman–Crippen MR) is 66.6 cm³/mol. The number of amides is 1. The summed E-state index contributed by atoms with van der Waals surface area (Å²) in [5.74, 6) is -0.376. The van der Waals surface area contributed by atoms with Crippen molar-refractivity contribution in [2.75, 3.05) is 13.7 Å². The lowest BCUT2D eigenvalue weighted by atomic mass is 9.88. The van der Waals surface area contributed by atoms with E-state index in [0.29, 0.717) is 0 Å². The molecule has 0 saturated heterocycles. The molecule has 98 valence electrons. The molecule has 1 aromatic rings. The lowest BCUT2D eigenvalue weighted by molar-refractivity contribution is -0.126. The van der Waals surface area contributed by atoms with Gasteiger partial charge in [-0.3, -0.25) is 4.79 Å². The van der Waals surface area contributed by atoms with Crippen LogP contribution in [0.2, 0.25) is 0 Å². The van der Waals surface area contributed by atoms with Gasteiger partial charge in [0, 0.05) is 7.11 Å². The van der Waals surface area contributed by atoms with E-state index in [2.05, 4.69) is 5.32 Å². The number of carbonyl (C=O) groups is 1. The molecule has 0 heterocycles. The Bertz CT molecular complexity index is 410. The number of rotatable bonds is 4. The standard InChI is InChI=1S/C14H18FNO2/c1-18-10-13(17)16-14(8-2-3-9-14)11-4-6-12(15)7-5-11/h4-7H,2-3,8-10H2,1H3,(H,16,17). The SMILES string of the molecule is COCC(=O)NC1(c2ccc(F)cc2)CCCC1. The Morgan fingerprint density at radius 2 is 1.94 bits per heavy atom. The van der Waals surface area contributed by atoms with Gasteiger partial charge < -0.3 is 10.1 Å². The average molecular weight is 251 g/mol. The Labute approximate surface area is 106 Å². The molecule has 18 heavy (non-hydrogen) atoms. The first-order valence-corrected chi connectivity index (χ1v) is 6.22. The fourth-order valence-electron chi connectivity index (χ4n) is 2.67. The van der Waals surface area contributed by atoms with Crippen LogP contribution in [0.5, 0.6) is 0 Å². The monoisotopic (exact) mass is 251 g/mol. The first-order valence-electron chi connectivity index (χ1n) is 6.22. The molecule has 1 aliphatic carbocycles. The quantitative estimate of drug-likeness (QED) is 0.892. The van der Waals surface area contributed by atoms with Crippen molar-refractivity contribution in [1.29, 1.82) is 0 Å². The molecule has 0 atom stereocenters. The second kappa shape index (κ2) is 5.48. The molecule has 1 N–H and O–H groups in total. The van der Waals surface area contributed by atoms with Crippen molar-refractivity contribution in [2.24, 2.45) is 0 Å². The molecule has 0 aliphatic heterocycles. The summed E-state index contributed by atoms with van der Waals surface area (Å²) in [5.41, 5.74) is 0.634. The summed E-state index contributed by atoms with van der Waals surface area (Å²) >= 11 is 0. The lowest BCUT2D eigenvalue weighted by Gasteiger charge is -2.31. The van der Waals surface area contributed by atoms with Crippen LogP contribution in [0.4, 0.5) is 4.39 Å². The van der Waals surface area contributed by atoms with E-state index < -0.39 is 0 Å². The Morgan fingerprint density at radius 3 is 2.50 bits per heavy atom. The molecule has 0 radical (unpaired) electrons. The highest BCUT2D eigenvalue weighted by Gasteiger charge is 2.36. The second-order valence-electron chi connectivity index (χ2n) is 4.78. The minimum atomic E-state index is -0.344. The van der Waals surface area contributed by atoms with Crippen LogP contribution in [0.1, 0.15) is 31.2 Å². The summed E-state index contributed by atoms with van der Waals surface area (Å²) in [6.45, 7) is 0.0585. The van der Waals surface area contributed by atoms with Gasteiger partial charge in [0.15, 0.2) is 0 Å². The van der Waals surface area contributed by atoms with Gasteiger partial charge in [-0.2, -0.15) is 0 Å². The molecule has 1 aliphatic rings. The molecule has 2 rings (SSSR count). The number of carbonyl (C=O) groups excluding carboxylic acids is 1. The number of halogens is 1. The fourth-order valence-corrected chi connectivity index (χ4v) is 2.67. The molecule has 4 heteroatoms. The third-order valence-electron chi connectivity index (χ3n) is 3.51. The summed E-state index contributed by atoms with van der Waals surface area (Å²) in [4.78, 5) is 11.7. The van der Waals surface area contributed by atoms with Crippen molar-refractivity contribution >= 4 is 5.91 Å². The first-order chi connectivity index (χ1) is 8.66. The number of nitrogens with one attached hydrogen (secondary N) is 1.